The summed E-state index contributed by atoms with van der Waals surface area (Å²) in [4.78, 5) is 24.5. The van der Waals surface area contributed by atoms with Crippen molar-refractivity contribution in [1.82, 2.24) is 4.31 Å². The topological polar surface area (TPSA) is 102 Å². The molecule has 31 heavy (non-hydrogen) atoms. The molecule has 0 radical (unpaired) electrons. The molecule has 2 aromatic rings. The maximum atomic E-state index is 12.5. The molecule has 10 heteroatoms. The second-order valence-corrected chi connectivity index (χ2v) is 9.21. The van der Waals surface area contributed by atoms with E-state index in [1.54, 1.807) is 37.3 Å². The third-order valence-electron chi connectivity index (χ3n) is 4.65. The van der Waals surface area contributed by atoms with Crippen LogP contribution in [0.4, 0.5) is 5.69 Å². The average Bonchev–Trinajstić information content (AvgIpc) is 2.76. The Labute approximate surface area is 186 Å². The molecule has 2 aromatic carbocycles. The molecule has 166 valence electrons. The van der Waals surface area contributed by atoms with Crippen molar-refractivity contribution in [3.63, 3.8) is 0 Å². The lowest BCUT2D eigenvalue weighted by Crippen LogP contribution is -2.41. The summed E-state index contributed by atoms with van der Waals surface area (Å²) in [5.74, 6) is -1.12. The second-order valence-electron chi connectivity index (χ2n) is 6.83. The third kappa shape index (κ3) is 6.04. The predicted molar refractivity (Wildman–Crippen MR) is 117 cm³/mol. The number of amides is 1. The van der Waals surface area contributed by atoms with Crippen LogP contribution in [-0.2, 0) is 25.2 Å². The Balaban J connectivity index is 1.67. The van der Waals surface area contributed by atoms with Crippen molar-refractivity contribution in [1.29, 1.82) is 0 Å². The molecule has 1 aliphatic heterocycles. The molecule has 1 saturated heterocycles. The number of hydrogen-bond donors (Lipinski definition) is 1. The number of halogens is 1. The van der Waals surface area contributed by atoms with Gasteiger partial charge < -0.3 is 14.8 Å². The van der Waals surface area contributed by atoms with Gasteiger partial charge in [0.2, 0.25) is 10.0 Å². The lowest BCUT2D eigenvalue weighted by molar-refractivity contribution is 0.0526. The van der Waals surface area contributed by atoms with Gasteiger partial charge in [0.25, 0.3) is 5.91 Å². The Kier molecular flexibility index (Phi) is 7.66. The van der Waals surface area contributed by atoms with Crippen LogP contribution < -0.4 is 5.32 Å². The van der Waals surface area contributed by atoms with Gasteiger partial charge in [-0.1, -0.05) is 23.7 Å². The average molecular weight is 467 g/mol. The predicted octanol–water partition coefficient (Wildman–Crippen LogP) is 2.93. The zero-order valence-corrected chi connectivity index (χ0v) is 18.5. The van der Waals surface area contributed by atoms with Gasteiger partial charge in [-0.3, -0.25) is 4.79 Å². The third-order valence-corrected chi connectivity index (χ3v) is 6.83. The van der Waals surface area contributed by atoms with E-state index in [1.165, 1.54) is 16.4 Å². The number of carbonyl (C=O) groups is 2. The Morgan fingerprint density at radius 3 is 2.45 bits per heavy atom. The van der Waals surface area contributed by atoms with Crippen molar-refractivity contribution in [3.05, 3.63) is 64.2 Å². The standard InChI is InChI=1S/C21H23ClN2O6S/c1-2-30-21(26)18-13-17(7-8-19(18)22)23-20(25)16-5-3-15(4-6-16)14-31(27,28)24-9-11-29-12-10-24/h3-8,13H,2,9-12,14H2,1H3,(H,23,25). The van der Waals surface area contributed by atoms with E-state index in [4.69, 9.17) is 21.1 Å². The highest BCUT2D eigenvalue weighted by atomic mass is 35.5. The second kappa shape index (κ2) is 10.2. The molecule has 0 saturated carbocycles. The fourth-order valence-electron chi connectivity index (χ4n) is 3.05. The van der Waals surface area contributed by atoms with E-state index in [1.807, 2.05) is 0 Å². The van der Waals surface area contributed by atoms with Gasteiger partial charge in [-0.2, -0.15) is 4.31 Å². The van der Waals surface area contributed by atoms with Crippen molar-refractivity contribution in [3.8, 4) is 0 Å². The van der Waals surface area contributed by atoms with E-state index < -0.39 is 21.9 Å². The number of nitrogens with zero attached hydrogens (tertiary/aromatic N) is 1. The Hall–Kier alpha value is -2.46. The quantitative estimate of drug-likeness (QED) is 0.629. The van der Waals surface area contributed by atoms with E-state index in [0.717, 1.165) is 0 Å². The van der Waals surface area contributed by atoms with E-state index >= 15 is 0 Å². The van der Waals surface area contributed by atoms with Crippen LogP contribution in [-0.4, -0.2) is 57.5 Å². The number of nitrogens with one attached hydrogen (secondary N) is 1. The number of anilines is 1. The zero-order valence-electron chi connectivity index (χ0n) is 17.0. The first-order valence-corrected chi connectivity index (χ1v) is 11.7. The lowest BCUT2D eigenvalue weighted by atomic mass is 10.1. The molecule has 1 heterocycles. The number of morpholine rings is 1. The Morgan fingerprint density at radius 1 is 1.13 bits per heavy atom. The molecule has 0 unspecified atom stereocenters. The highest BCUT2D eigenvalue weighted by molar-refractivity contribution is 7.88. The van der Waals surface area contributed by atoms with Crippen molar-refractivity contribution in [2.24, 2.45) is 0 Å². The van der Waals surface area contributed by atoms with Crippen LogP contribution >= 0.6 is 11.6 Å². The molecular weight excluding hydrogens is 444 g/mol. The highest BCUT2D eigenvalue weighted by Gasteiger charge is 2.24. The number of rotatable bonds is 7. The van der Waals surface area contributed by atoms with Crippen molar-refractivity contribution < 1.29 is 27.5 Å². The van der Waals surface area contributed by atoms with Gasteiger partial charge in [-0.25, -0.2) is 13.2 Å². The summed E-state index contributed by atoms with van der Waals surface area (Å²) >= 11 is 6.03. The number of sulfonamides is 1. The smallest absolute Gasteiger partial charge is 0.339 e. The number of esters is 1. The summed E-state index contributed by atoms with van der Waals surface area (Å²) in [5, 5.41) is 2.92. The first-order valence-electron chi connectivity index (χ1n) is 9.72. The van der Waals surface area contributed by atoms with Gasteiger partial charge in [0.05, 0.1) is 36.2 Å². The lowest BCUT2D eigenvalue weighted by Gasteiger charge is -2.26. The van der Waals surface area contributed by atoms with E-state index in [-0.39, 0.29) is 22.9 Å². The number of carbonyl (C=O) groups excluding carboxylic acids is 2. The zero-order chi connectivity index (χ0) is 22.4. The van der Waals surface area contributed by atoms with Crippen LogP contribution in [0.1, 0.15) is 33.2 Å². The minimum atomic E-state index is -3.44. The fraction of sp³-hybridized carbons (Fsp3) is 0.333. The van der Waals surface area contributed by atoms with E-state index in [0.29, 0.717) is 43.1 Å². The summed E-state index contributed by atoms with van der Waals surface area (Å²) in [5.41, 5.74) is 1.47. The van der Waals surface area contributed by atoms with Crippen LogP contribution in [0.3, 0.4) is 0 Å². The summed E-state index contributed by atoms with van der Waals surface area (Å²) in [6, 6.07) is 10.9. The first-order chi connectivity index (χ1) is 14.8. The summed E-state index contributed by atoms with van der Waals surface area (Å²) < 4.78 is 36.6. The maximum Gasteiger partial charge on any atom is 0.339 e. The molecule has 0 atom stereocenters. The Bertz CT molecular complexity index is 1050. The molecule has 1 amide bonds. The minimum absolute atomic E-state index is 0.144. The summed E-state index contributed by atoms with van der Waals surface area (Å²) in [6.07, 6.45) is 0. The normalized spacial score (nSPS) is 14.8. The first kappa shape index (κ1) is 23.2. The van der Waals surface area contributed by atoms with Gasteiger partial charge in [-0.15, -0.1) is 0 Å². The molecule has 1 fully saturated rings. The molecule has 3 rings (SSSR count). The van der Waals surface area contributed by atoms with Crippen LogP contribution in [0.2, 0.25) is 5.02 Å². The molecule has 0 aromatic heterocycles. The highest BCUT2D eigenvalue weighted by Crippen LogP contribution is 2.22. The monoisotopic (exact) mass is 466 g/mol. The van der Waals surface area contributed by atoms with Gasteiger partial charge in [0.15, 0.2) is 0 Å². The van der Waals surface area contributed by atoms with Gasteiger partial charge >= 0.3 is 5.97 Å². The van der Waals surface area contributed by atoms with Crippen LogP contribution in [0.25, 0.3) is 0 Å². The molecular formula is C21H23ClN2O6S. The largest absolute Gasteiger partial charge is 0.462 e. The van der Waals surface area contributed by atoms with Crippen LogP contribution in [0.5, 0.6) is 0 Å². The summed E-state index contributed by atoms with van der Waals surface area (Å²) in [6.45, 7) is 3.36. The SMILES string of the molecule is CCOC(=O)c1cc(NC(=O)c2ccc(CS(=O)(=O)N3CCOCC3)cc2)ccc1Cl. The van der Waals surface area contributed by atoms with Crippen molar-refractivity contribution in [2.45, 2.75) is 12.7 Å². The molecule has 1 N–H and O–H groups in total. The molecule has 0 aliphatic carbocycles. The molecule has 0 spiro atoms. The van der Waals surface area contributed by atoms with Crippen LogP contribution in [0, 0.1) is 0 Å². The number of hydrogen-bond acceptors (Lipinski definition) is 6. The summed E-state index contributed by atoms with van der Waals surface area (Å²) in [7, 11) is -3.44. The van der Waals surface area contributed by atoms with Gasteiger partial charge in [0, 0.05) is 24.3 Å². The van der Waals surface area contributed by atoms with Gasteiger partial charge in [0.1, 0.15) is 0 Å². The van der Waals surface area contributed by atoms with E-state index in [9.17, 15) is 18.0 Å². The van der Waals surface area contributed by atoms with Crippen molar-refractivity contribution >= 4 is 39.2 Å². The molecule has 1 aliphatic rings. The number of benzene rings is 2. The minimum Gasteiger partial charge on any atom is -0.462 e. The molecule has 0 bridgehead atoms. The fourth-order valence-corrected chi connectivity index (χ4v) is 4.75. The number of ether oxygens (including phenoxy) is 2. The van der Waals surface area contributed by atoms with Crippen molar-refractivity contribution in [2.75, 3.05) is 38.2 Å². The molecule has 8 nitrogen and oxygen atoms in total. The maximum absolute atomic E-state index is 12.5. The van der Waals surface area contributed by atoms with Crippen LogP contribution in [0.15, 0.2) is 42.5 Å². The van der Waals surface area contributed by atoms with Gasteiger partial charge in [-0.05, 0) is 42.8 Å². The Morgan fingerprint density at radius 2 is 1.81 bits per heavy atom. The van der Waals surface area contributed by atoms with E-state index in [2.05, 4.69) is 5.32 Å².